The minimum absolute atomic E-state index is 0.0329. The van der Waals surface area contributed by atoms with Gasteiger partial charge >= 0.3 is 0 Å². The average Bonchev–Trinajstić information content (AvgIpc) is 3.13. The second-order valence-corrected chi connectivity index (χ2v) is 16.1. The topological polar surface area (TPSA) is 108 Å². The fourth-order valence-electron chi connectivity index (χ4n) is 7.37. The van der Waals surface area contributed by atoms with Gasteiger partial charge in [0.05, 0.1) is 19.8 Å². The smallest absolute Gasteiger partial charge is 0.168 e. The van der Waals surface area contributed by atoms with Crippen LogP contribution in [0.3, 0.4) is 0 Å². The highest BCUT2D eigenvalue weighted by atomic mass is 33.1. The Labute approximate surface area is 303 Å². The summed E-state index contributed by atoms with van der Waals surface area (Å²) in [6.07, 6.45) is 9.12. The summed E-state index contributed by atoms with van der Waals surface area (Å²) < 4.78 is 12.7. The number of hydrogen-bond donors (Lipinski definition) is 4. The van der Waals surface area contributed by atoms with Gasteiger partial charge in [-0.05, 0) is 95.0 Å². The number of aliphatic hydroxyl groups is 1. The van der Waals surface area contributed by atoms with E-state index in [0.717, 1.165) is 82.0 Å². The van der Waals surface area contributed by atoms with Crippen LogP contribution < -0.4 is 10.1 Å². The quantitative estimate of drug-likeness (QED) is 0.110. The number of carbonyl (C=O) groups excluding carboxylic acids is 1. The first-order chi connectivity index (χ1) is 24.4. The van der Waals surface area contributed by atoms with Crippen LogP contribution in [0.5, 0.6) is 17.2 Å². The lowest BCUT2D eigenvalue weighted by Crippen LogP contribution is -2.38. The van der Waals surface area contributed by atoms with Crippen LogP contribution in [0.15, 0.2) is 66.7 Å². The van der Waals surface area contributed by atoms with E-state index in [4.69, 9.17) is 9.47 Å². The third-order valence-electron chi connectivity index (χ3n) is 9.99. The van der Waals surface area contributed by atoms with Gasteiger partial charge in [-0.25, -0.2) is 0 Å². The van der Waals surface area contributed by atoms with Crippen molar-refractivity contribution in [3.8, 4) is 28.4 Å². The fraction of sp³-hybridized carbons (Fsp3) is 0.439. The predicted molar refractivity (Wildman–Crippen MR) is 205 cm³/mol. The maximum Gasteiger partial charge on any atom is 0.168 e. The number of hydrogen-bond acceptors (Lipinski definition) is 9. The van der Waals surface area contributed by atoms with Crippen molar-refractivity contribution in [2.75, 3.05) is 12.9 Å². The molecule has 2 atom stereocenters. The minimum atomic E-state index is -0.364. The first kappa shape index (κ1) is 36.6. The molecule has 1 aliphatic carbocycles. The highest BCUT2D eigenvalue weighted by molar-refractivity contribution is 8.76. The summed E-state index contributed by atoms with van der Waals surface area (Å²) in [5.74, 6) is 2.43. The normalized spacial score (nSPS) is 19.1. The highest BCUT2D eigenvalue weighted by Gasteiger charge is 2.26. The minimum Gasteiger partial charge on any atom is -0.508 e. The molecule has 0 spiro atoms. The molecular formula is C41H49NO6S2. The van der Waals surface area contributed by atoms with Gasteiger partial charge in [0.2, 0.25) is 0 Å². The molecule has 7 nitrogen and oxygen atoms in total. The Morgan fingerprint density at radius 2 is 1.72 bits per heavy atom. The number of nitrogens with one attached hydrogen (secondary N) is 1. The zero-order valence-corrected chi connectivity index (χ0v) is 30.5. The van der Waals surface area contributed by atoms with Gasteiger partial charge in [-0.2, -0.15) is 0 Å². The standard InChI is InChI=1S/C41H49NO6S2/c1-47-40-38(46)20-16-29-14-18-32(44)23-34(48-41(42-31-10-3-2-4-11-31)30-9-7-8-27(22-30)25-43)12-5-6-21-49-50-26-37-35(39(29)40)19-15-28-13-17-33(45)24-36(28)37/h7-9,13,15-17,19-20,22,24,31,34,41-43,45-46H,2-6,10-12,14,18,21,23,25-26H2,1H3. The number of phenols is 2. The number of aromatic hydroxyl groups is 2. The van der Waals surface area contributed by atoms with Crippen molar-refractivity contribution in [3.05, 3.63) is 89.0 Å². The molecule has 0 bridgehead atoms. The third-order valence-corrected chi connectivity index (χ3v) is 12.4. The lowest BCUT2D eigenvalue weighted by molar-refractivity contribution is -0.124. The Hall–Kier alpha value is -3.21. The zero-order valence-electron chi connectivity index (χ0n) is 28.9. The van der Waals surface area contributed by atoms with Gasteiger partial charge in [-0.3, -0.25) is 10.1 Å². The highest BCUT2D eigenvalue weighted by Crippen LogP contribution is 2.45. The maximum atomic E-state index is 13.8. The van der Waals surface area contributed by atoms with Crippen LogP contribution in [0.2, 0.25) is 0 Å². The van der Waals surface area contributed by atoms with Gasteiger partial charge in [0.25, 0.3) is 0 Å². The number of aliphatic hydroxyl groups excluding tert-OH is 1. The lowest BCUT2D eigenvalue weighted by Gasteiger charge is -2.32. The number of benzene rings is 4. The molecule has 266 valence electrons. The molecule has 9 heteroatoms. The predicted octanol–water partition coefficient (Wildman–Crippen LogP) is 9.38. The first-order valence-corrected chi connectivity index (χ1v) is 20.4. The largest absolute Gasteiger partial charge is 0.508 e. The Bertz CT molecular complexity index is 1760. The second kappa shape index (κ2) is 17.8. The zero-order chi connectivity index (χ0) is 34.9. The van der Waals surface area contributed by atoms with Crippen molar-refractivity contribution in [1.29, 1.82) is 0 Å². The number of ketones is 1. The van der Waals surface area contributed by atoms with E-state index in [9.17, 15) is 20.1 Å². The second-order valence-electron chi connectivity index (χ2n) is 13.5. The van der Waals surface area contributed by atoms with Gasteiger partial charge in [-0.15, -0.1) is 0 Å². The molecule has 0 radical (unpaired) electrons. The van der Waals surface area contributed by atoms with Gasteiger partial charge in [-0.1, -0.05) is 89.7 Å². The summed E-state index contributed by atoms with van der Waals surface area (Å²) in [5, 5.41) is 37.0. The monoisotopic (exact) mass is 715 g/mol. The van der Waals surface area contributed by atoms with E-state index >= 15 is 0 Å². The van der Waals surface area contributed by atoms with Gasteiger partial charge in [0.1, 0.15) is 17.8 Å². The maximum absolute atomic E-state index is 13.8. The molecule has 6 rings (SSSR count). The van der Waals surface area contributed by atoms with Crippen LogP contribution >= 0.6 is 21.6 Å². The molecule has 2 aliphatic rings. The molecule has 4 aromatic carbocycles. The lowest BCUT2D eigenvalue weighted by atomic mass is 9.89. The molecule has 0 aromatic heterocycles. The summed E-state index contributed by atoms with van der Waals surface area (Å²) in [5.41, 5.74) is 5.53. The summed E-state index contributed by atoms with van der Waals surface area (Å²) >= 11 is 0. The van der Waals surface area contributed by atoms with Crippen molar-refractivity contribution in [2.24, 2.45) is 0 Å². The van der Waals surface area contributed by atoms with Crippen LogP contribution in [0.4, 0.5) is 0 Å². The summed E-state index contributed by atoms with van der Waals surface area (Å²) in [7, 11) is 5.18. The Kier molecular flexibility index (Phi) is 13.0. The number of carbonyl (C=O) groups is 1. The Morgan fingerprint density at radius 3 is 2.54 bits per heavy atom. The molecule has 0 amide bonds. The molecule has 1 saturated carbocycles. The molecule has 50 heavy (non-hydrogen) atoms. The summed E-state index contributed by atoms with van der Waals surface area (Å²) in [6.45, 7) is -0.0329. The van der Waals surface area contributed by atoms with E-state index in [1.54, 1.807) is 30.0 Å². The van der Waals surface area contributed by atoms with Crippen molar-refractivity contribution >= 4 is 38.1 Å². The molecule has 2 unspecified atom stereocenters. The van der Waals surface area contributed by atoms with Crippen LogP contribution in [0, 0.1) is 0 Å². The fourth-order valence-corrected chi connectivity index (χ4v) is 9.63. The summed E-state index contributed by atoms with van der Waals surface area (Å²) in [6, 6.07) is 21.4. The number of ether oxygens (including phenoxy) is 2. The average molecular weight is 716 g/mol. The van der Waals surface area contributed by atoms with Crippen molar-refractivity contribution < 1.29 is 29.6 Å². The Balaban J connectivity index is 1.30. The number of methoxy groups -OCH3 is 1. The van der Waals surface area contributed by atoms with E-state index in [0.29, 0.717) is 36.8 Å². The number of Topliss-reactive ketones (excluding diaryl/α,β-unsaturated/α-hetero) is 1. The van der Waals surface area contributed by atoms with Gasteiger partial charge < -0.3 is 24.8 Å². The van der Waals surface area contributed by atoms with Crippen LogP contribution in [0.1, 0.15) is 92.7 Å². The van der Waals surface area contributed by atoms with E-state index in [1.807, 2.05) is 59.3 Å². The first-order valence-electron chi connectivity index (χ1n) is 17.9. The SMILES string of the molecule is COc1c(O)ccc2c1-c1ccc3ccc(O)cc3c1CSSCCCCC(OC(NC1CCCCC1)c1cccc(CO)c1)CC(=O)CC2. The van der Waals surface area contributed by atoms with Crippen molar-refractivity contribution in [3.63, 3.8) is 0 Å². The van der Waals surface area contributed by atoms with E-state index in [1.165, 1.54) is 19.3 Å². The van der Waals surface area contributed by atoms with E-state index in [2.05, 4.69) is 11.4 Å². The number of fused-ring (bicyclic) bond motifs is 5. The molecule has 0 saturated heterocycles. The molecule has 4 N–H and O–H groups in total. The number of rotatable bonds is 7. The van der Waals surface area contributed by atoms with E-state index in [-0.39, 0.29) is 36.2 Å². The summed E-state index contributed by atoms with van der Waals surface area (Å²) in [4.78, 5) is 13.8. The Morgan fingerprint density at radius 1 is 0.900 bits per heavy atom. The molecule has 1 fully saturated rings. The molecule has 4 aromatic rings. The van der Waals surface area contributed by atoms with Crippen molar-refractivity contribution in [2.45, 2.75) is 101 Å². The van der Waals surface area contributed by atoms with Gasteiger partial charge in [0, 0.05) is 36.0 Å². The molecule has 1 heterocycles. The molecule has 1 aliphatic heterocycles. The molecular weight excluding hydrogens is 667 g/mol. The number of aryl methyl sites for hydroxylation is 1. The number of phenolic OH excluding ortho intramolecular Hbond substituents is 2. The van der Waals surface area contributed by atoms with Crippen LogP contribution in [-0.4, -0.2) is 46.1 Å². The van der Waals surface area contributed by atoms with Gasteiger partial charge in [0.15, 0.2) is 11.5 Å². The van der Waals surface area contributed by atoms with E-state index < -0.39 is 0 Å². The van der Waals surface area contributed by atoms with Crippen LogP contribution in [-0.2, 0) is 28.3 Å². The van der Waals surface area contributed by atoms with Crippen molar-refractivity contribution in [1.82, 2.24) is 5.32 Å². The third kappa shape index (κ3) is 9.17. The van der Waals surface area contributed by atoms with Crippen LogP contribution in [0.25, 0.3) is 21.9 Å².